The normalized spacial score (nSPS) is 11.2. The third kappa shape index (κ3) is 2.90. The Balaban J connectivity index is 3.98. The molecule has 2 heteroatoms. The lowest BCUT2D eigenvalue weighted by Gasteiger charge is -1.95. The summed E-state index contributed by atoms with van der Waals surface area (Å²) in [6.07, 6.45) is 2.23. The summed E-state index contributed by atoms with van der Waals surface area (Å²) in [5.74, 6) is 0.0827. The Labute approximate surface area is 55.5 Å². The molecule has 0 atom stereocenters. The van der Waals surface area contributed by atoms with Gasteiger partial charge in [-0.25, -0.2) is 0 Å². The van der Waals surface area contributed by atoms with Crippen molar-refractivity contribution < 1.29 is 9.53 Å². The summed E-state index contributed by atoms with van der Waals surface area (Å²) in [4.78, 5) is 10.6. The molecule has 0 rings (SSSR count). The zero-order chi connectivity index (χ0) is 7.28. The number of hydrogen-bond acceptors (Lipinski definition) is 2. The Morgan fingerprint density at radius 2 is 2.22 bits per heavy atom. The highest BCUT2D eigenvalue weighted by atomic mass is 16.5. The van der Waals surface area contributed by atoms with Gasteiger partial charge in [0.2, 0.25) is 0 Å². The first-order valence-electron chi connectivity index (χ1n) is 2.95. The lowest BCUT2D eigenvalue weighted by atomic mass is 10.2. The van der Waals surface area contributed by atoms with Gasteiger partial charge in [-0.1, -0.05) is 6.92 Å². The van der Waals surface area contributed by atoms with E-state index in [1.165, 1.54) is 13.2 Å². The molecule has 0 spiro atoms. The Hall–Kier alpha value is -0.790. The van der Waals surface area contributed by atoms with Gasteiger partial charge < -0.3 is 4.74 Å². The molecule has 0 aromatic rings. The molecule has 0 aromatic carbocycles. The zero-order valence-electron chi connectivity index (χ0n) is 6.10. The molecule has 0 bridgehead atoms. The van der Waals surface area contributed by atoms with Crippen LogP contribution in [0.1, 0.15) is 20.3 Å². The highest BCUT2D eigenvalue weighted by molar-refractivity contribution is 5.92. The number of rotatable bonds is 3. The molecule has 0 radical (unpaired) electrons. The number of ether oxygens (including phenoxy) is 1. The molecule has 0 aromatic heterocycles. The summed E-state index contributed by atoms with van der Waals surface area (Å²) in [6.45, 7) is 3.46. The van der Waals surface area contributed by atoms with E-state index in [2.05, 4.69) is 4.74 Å². The molecule has 0 aliphatic rings. The largest absolute Gasteiger partial charge is 0.504 e. The first-order chi connectivity index (χ1) is 4.22. The van der Waals surface area contributed by atoms with Gasteiger partial charge in [-0.2, -0.15) is 0 Å². The number of Topliss-reactive ketones (excluding diaryl/α,β-unsaturated/α-hetero) is 1. The summed E-state index contributed by atoms with van der Waals surface area (Å²) < 4.78 is 4.67. The Bertz CT molecular complexity index is 125. The van der Waals surface area contributed by atoms with E-state index in [4.69, 9.17) is 0 Å². The average Bonchev–Trinajstić information content (AvgIpc) is 1.82. The van der Waals surface area contributed by atoms with Gasteiger partial charge >= 0.3 is 0 Å². The summed E-state index contributed by atoms with van der Waals surface area (Å²) in [5, 5.41) is 0. The molecule has 9 heavy (non-hydrogen) atoms. The van der Waals surface area contributed by atoms with E-state index in [0.29, 0.717) is 0 Å². The van der Waals surface area contributed by atoms with Crippen molar-refractivity contribution in [3.8, 4) is 0 Å². The fourth-order valence-electron chi connectivity index (χ4n) is 0.558. The molecule has 0 N–H and O–H groups in total. The van der Waals surface area contributed by atoms with Gasteiger partial charge in [0.25, 0.3) is 0 Å². The van der Waals surface area contributed by atoms with Gasteiger partial charge in [-0.15, -0.1) is 0 Å². The third-order valence-corrected chi connectivity index (χ3v) is 1.09. The molecule has 0 fully saturated rings. The van der Waals surface area contributed by atoms with Crippen LogP contribution in [0.2, 0.25) is 0 Å². The summed E-state index contributed by atoms with van der Waals surface area (Å²) >= 11 is 0. The van der Waals surface area contributed by atoms with Crippen LogP contribution >= 0.6 is 0 Å². The minimum absolute atomic E-state index is 0.0827. The van der Waals surface area contributed by atoms with E-state index in [1.807, 2.05) is 6.92 Å². The lowest BCUT2D eigenvalue weighted by Crippen LogP contribution is -1.94. The van der Waals surface area contributed by atoms with E-state index in [1.54, 1.807) is 7.11 Å². The molecule has 0 aliphatic heterocycles. The summed E-state index contributed by atoms with van der Waals surface area (Å²) in [6, 6.07) is 0. The van der Waals surface area contributed by atoms with Crippen molar-refractivity contribution in [3.63, 3.8) is 0 Å². The summed E-state index contributed by atoms with van der Waals surface area (Å²) in [5.41, 5.74) is 0.734. The molecular formula is C7H12O2. The minimum atomic E-state index is 0.0827. The van der Waals surface area contributed by atoms with E-state index in [0.717, 1.165) is 12.0 Å². The molecule has 0 saturated heterocycles. The summed E-state index contributed by atoms with van der Waals surface area (Å²) in [7, 11) is 1.54. The number of hydrogen-bond donors (Lipinski definition) is 0. The van der Waals surface area contributed by atoms with Gasteiger partial charge in [-0.05, 0) is 13.3 Å². The molecule has 52 valence electrons. The molecular weight excluding hydrogens is 116 g/mol. The second kappa shape index (κ2) is 4.13. The van der Waals surface area contributed by atoms with E-state index < -0.39 is 0 Å². The van der Waals surface area contributed by atoms with Gasteiger partial charge in [0, 0.05) is 5.57 Å². The Kier molecular flexibility index (Phi) is 3.76. The van der Waals surface area contributed by atoms with E-state index in [9.17, 15) is 4.79 Å². The average molecular weight is 128 g/mol. The number of ketones is 1. The Morgan fingerprint density at radius 3 is 2.33 bits per heavy atom. The fourth-order valence-corrected chi connectivity index (χ4v) is 0.558. The zero-order valence-corrected chi connectivity index (χ0v) is 6.10. The number of carbonyl (C=O) groups is 1. The maximum atomic E-state index is 10.6. The van der Waals surface area contributed by atoms with Crippen molar-refractivity contribution in [2.75, 3.05) is 7.11 Å². The van der Waals surface area contributed by atoms with Crippen molar-refractivity contribution in [3.05, 3.63) is 11.8 Å². The standard InChI is InChI=1S/C7H12O2/c1-4-7(5-9-3)6(2)8/h5H,4H2,1-3H3/b7-5+. The van der Waals surface area contributed by atoms with Crippen LogP contribution in [-0.2, 0) is 9.53 Å². The Morgan fingerprint density at radius 1 is 1.67 bits per heavy atom. The van der Waals surface area contributed by atoms with Crippen LogP contribution in [0.3, 0.4) is 0 Å². The van der Waals surface area contributed by atoms with Crippen LogP contribution in [0.15, 0.2) is 11.8 Å². The molecule has 0 unspecified atom stereocenters. The predicted molar refractivity (Wildman–Crippen MR) is 36.1 cm³/mol. The first-order valence-corrected chi connectivity index (χ1v) is 2.95. The van der Waals surface area contributed by atoms with E-state index in [-0.39, 0.29) is 5.78 Å². The predicted octanol–water partition coefficient (Wildman–Crippen LogP) is 1.52. The molecule has 0 heterocycles. The number of carbonyl (C=O) groups excluding carboxylic acids is 1. The van der Waals surface area contributed by atoms with Gasteiger partial charge in [0.05, 0.1) is 13.4 Å². The number of allylic oxidation sites excluding steroid dienone is 1. The van der Waals surface area contributed by atoms with Crippen molar-refractivity contribution in [2.45, 2.75) is 20.3 Å². The van der Waals surface area contributed by atoms with Crippen LogP contribution in [0.5, 0.6) is 0 Å². The van der Waals surface area contributed by atoms with Crippen molar-refractivity contribution in [1.29, 1.82) is 0 Å². The third-order valence-electron chi connectivity index (χ3n) is 1.09. The van der Waals surface area contributed by atoms with Gasteiger partial charge in [-0.3, -0.25) is 4.79 Å². The molecule has 0 amide bonds. The second-order valence-electron chi connectivity index (χ2n) is 1.79. The quantitative estimate of drug-likeness (QED) is 0.425. The molecule has 0 aliphatic carbocycles. The van der Waals surface area contributed by atoms with Crippen molar-refractivity contribution in [1.82, 2.24) is 0 Å². The van der Waals surface area contributed by atoms with Crippen molar-refractivity contribution >= 4 is 5.78 Å². The van der Waals surface area contributed by atoms with Gasteiger partial charge in [0.1, 0.15) is 0 Å². The second-order valence-corrected chi connectivity index (χ2v) is 1.79. The first kappa shape index (κ1) is 8.21. The monoisotopic (exact) mass is 128 g/mol. The highest BCUT2D eigenvalue weighted by Crippen LogP contribution is 2.00. The number of methoxy groups -OCH3 is 1. The lowest BCUT2D eigenvalue weighted by molar-refractivity contribution is -0.113. The van der Waals surface area contributed by atoms with Crippen LogP contribution in [0.25, 0.3) is 0 Å². The maximum Gasteiger partial charge on any atom is 0.158 e. The maximum absolute atomic E-state index is 10.6. The van der Waals surface area contributed by atoms with Crippen molar-refractivity contribution in [2.24, 2.45) is 0 Å². The molecule has 0 saturated carbocycles. The highest BCUT2D eigenvalue weighted by Gasteiger charge is 1.98. The van der Waals surface area contributed by atoms with E-state index >= 15 is 0 Å². The van der Waals surface area contributed by atoms with Crippen LogP contribution in [0, 0.1) is 0 Å². The van der Waals surface area contributed by atoms with Crippen LogP contribution in [-0.4, -0.2) is 12.9 Å². The smallest absolute Gasteiger partial charge is 0.158 e. The van der Waals surface area contributed by atoms with Gasteiger partial charge in [0.15, 0.2) is 5.78 Å². The fraction of sp³-hybridized carbons (Fsp3) is 0.571. The topological polar surface area (TPSA) is 26.3 Å². The minimum Gasteiger partial charge on any atom is -0.504 e. The molecule has 2 nitrogen and oxygen atoms in total. The van der Waals surface area contributed by atoms with Crippen LogP contribution < -0.4 is 0 Å². The SMILES string of the molecule is CC/C(=C\OC)C(C)=O. The van der Waals surface area contributed by atoms with Crippen LogP contribution in [0.4, 0.5) is 0 Å².